The van der Waals surface area contributed by atoms with E-state index < -0.39 is 11.0 Å². The Kier molecular flexibility index (Phi) is 4.57. The average Bonchev–Trinajstić information content (AvgIpc) is 2.27. The van der Waals surface area contributed by atoms with E-state index in [1.54, 1.807) is 6.92 Å². The fraction of sp³-hybridized carbons (Fsp3) is 0.455. The van der Waals surface area contributed by atoms with E-state index in [1.165, 1.54) is 6.07 Å². The van der Waals surface area contributed by atoms with Gasteiger partial charge < -0.3 is 10.4 Å². The van der Waals surface area contributed by atoms with Gasteiger partial charge in [0.25, 0.3) is 5.69 Å². The summed E-state index contributed by atoms with van der Waals surface area (Å²) >= 11 is 0. The maximum Gasteiger partial charge on any atom is 0.289 e. The zero-order chi connectivity index (χ0) is 13.7. The second-order valence-corrected chi connectivity index (χ2v) is 4.09. The first-order chi connectivity index (χ1) is 8.43. The fourth-order valence-electron chi connectivity index (χ4n) is 1.56. The van der Waals surface area contributed by atoms with Crippen molar-refractivity contribution in [3.63, 3.8) is 0 Å². The number of rotatable bonds is 5. The van der Waals surface area contributed by atoms with Crippen molar-refractivity contribution in [1.29, 1.82) is 5.26 Å². The molecule has 2 N–H and O–H groups in total. The lowest BCUT2D eigenvalue weighted by Crippen LogP contribution is -2.21. The van der Waals surface area contributed by atoms with Gasteiger partial charge in [-0.25, -0.2) is 4.98 Å². The summed E-state index contributed by atoms with van der Waals surface area (Å²) in [6, 6.07) is 2.94. The minimum Gasteiger partial charge on any atom is -0.393 e. The summed E-state index contributed by atoms with van der Waals surface area (Å²) in [7, 11) is 0. The number of pyridine rings is 1. The van der Waals surface area contributed by atoms with Crippen LogP contribution in [0.4, 0.5) is 11.5 Å². The second kappa shape index (κ2) is 5.93. The highest BCUT2D eigenvalue weighted by Crippen LogP contribution is 2.19. The van der Waals surface area contributed by atoms with Crippen molar-refractivity contribution in [1.82, 2.24) is 4.98 Å². The molecule has 1 rings (SSSR count). The molecule has 18 heavy (non-hydrogen) atoms. The highest BCUT2D eigenvalue weighted by Gasteiger charge is 2.14. The van der Waals surface area contributed by atoms with Crippen LogP contribution in [0.15, 0.2) is 12.3 Å². The molecular formula is C11H14N4O3. The molecule has 7 nitrogen and oxygen atoms in total. The largest absolute Gasteiger partial charge is 0.393 e. The molecular weight excluding hydrogens is 236 g/mol. The summed E-state index contributed by atoms with van der Waals surface area (Å²) < 4.78 is 0. The summed E-state index contributed by atoms with van der Waals surface area (Å²) in [6.07, 6.45) is 1.11. The molecule has 7 heteroatoms. The molecule has 0 aliphatic heterocycles. The first-order valence-electron chi connectivity index (χ1n) is 5.43. The van der Waals surface area contributed by atoms with Crippen LogP contribution in [0.25, 0.3) is 0 Å². The van der Waals surface area contributed by atoms with Crippen molar-refractivity contribution in [2.24, 2.45) is 0 Å². The van der Waals surface area contributed by atoms with Crippen LogP contribution in [0, 0.1) is 21.4 Å². The van der Waals surface area contributed by atoms with Gasteiger partial charge in [0.2, 0.25) is 0 Å². The quantitative estimate of drug-likeness (QED) is 0.603. The van der Waals surface area contributed by atoms with Gasteiger partial charge in [-0.15, -0.1) is 0 Å². The molecule has 0 amide bonds. The monoisotopic (exact) mass is 250 g/mol. The van der Waals surface area contributed by atoms with Gasteiger partial charge in [-0.1, -0.05) is 0 Å². The van der Waals surface area contributed by atoms with E-state index in [2.05, 4.69) is 10.3 Å². The van der Waals surface area contributed by atoms with Crippen molar-refractivity contribution in [3.8, 4) is 6.07 Å². The Morgan fingerprint density at radius 3 is 2.83 bits per heavy atom. The van der Waals surface area contributed by atoms with Crippen molar-refractivity contribution in [2.75, 3.05) is 5.32 Å². The number of nitrogens with zero attached hydrogens (tertiary/aromatic N) is 3. The molecule has 1 aromatic heterocycles. The van der Waals surface area contributed by atoms with E-state index in [0.29, 0.717) is 6.42 Å². The summed E-state index contributed by atoms with van der Waals surface area (Å²) in [5.74, 6) is 0.288. The molecule has 0 spiro atoms. The Morgan fingerprint density at radius 2 is 2.33 bits per heavy atom. The molecule has 0 aliphatic carbocycles. The number of aliphatic hydroxyl groups is 1. The van der Waals surface area contributed by atoms with E-state index in [1.807, 2.05) is 13.0 Å². The van der Waals surface area contributed by atoms with E-state index in [-0.39, 0.29) is 23.1 Å². The molecule has 0 bridgehead atoms. The van der Waals surface area contributed by atoms with Gasteiger partial charge in [-0.3, -0.25) is 10.1 Å². The third-order valence-corrected chi connectivity index (χ3v) is 2.28. The first-order valence-corrected chi connectivity index (χ1v) is 5.43. The number of hydrogen-bond donors (Lipinski definition) is 2. The topological polar surface area (TPSA) is 112 Å². The number of aromatic nitrogens is 1. The zero-order valence-electron chi connectivity index (χ0n) is 10.1. The van der Waals surface area contributed by atoms with Crippen LogP contribution in [0.1, 0.15) is 25.8 Å². The number of nitriles is 1. The number of nitrogens with one attached hydrogen (secondary N) is 1. The lowest BCUT2D eigenvalue weighted by Gasteiger charge is -2.16. The Labute approximate surface area is 104 Å². The minimum absolute atomic E-state index is 0.0916. The van der Waals surface area contributed by atoms with Gasteiger partial charge in [0.05, 0.1) is 11.0 Å². The third-order valence-electron chi connectivity index (χ3n) is 2.28. The summed E-state index contributed by atoms with van der Waals surface area (Å²) in [5, 5.41) is 31.6. The van der Waals surface area contributed by atoms with Crippen LogP contribution in [0.2, 0.25) is 0 Å². The molecule has 1 aromatic rings. The van der Waals surface area contributed by atoms with Gasteiger partial charge >= 0.3 is 0 Å². The number of nitro groups is 1. The summed E-state index contributed by atoms with van der Waals surface area (Å²) in [4.78, 5) is 13.8. The van der Waals surface area contributed by atoms with Gasteiger partial charge in [-0.2, -0.15) is 5.26 Å². The third kappa shape index (κ3) is 3.68. The summed E-state index contributed by atoms with van der Waals surface area (Å²) in [5.41, 5.74) is -0.109. The molecule has 0 fully saturated rings. The van der Waals surface area contributed by atoms with Gasteiger partial charge in [0.1, 0.15) is 23.6 Å². The molecule has 0 saturated heterocycles. The SMILES string of the molecule is CC(O)CC(C)Nc1ncc([N+](=O)[O-])cc1C#N. The van der Waals surface area contributed by atoms with Crippen molar-refractivity contribution < 1.29 is 10.0 Å². The van der Waals surface area contributed by atoms with Crippen molar-refractivity contribution in [2.45, 2.75) is 32.4 Å². The van der Waals surface area contributed by atoms with E-state index >= 15 is 0 Å². The van der Waals surface area contributed by atoms with Crippen molar-refractivity contribution >= 4 is 11.5 Å². The molecule has 2 atom stereocenters. The Morgan fingerprint density at radius 1 is 1.67 bits per heavy atom. The number of hydrogen-bond acceptors (Lipinski definition) is 6. The lowest BCUT2D eigenvalue weighted by molar-refractivity contribution is -0.385. The van der Waals surface area contributed by atoms with E-state index in [0.717, 1.165) is 6.20 Å². The lowest BCUT2D eigenvalue weighted by atomic mass is 10.1. The van der Waals surface area contributed by atoms with Crippen molar-refractivity contribution in [3.05, 3.63) is 27.9 Å². The number of aliphatic hydroxyl groups excluding tert-OH is 1. The predicted octanol–water partition coefficient (Wildman–Crippen LogP) is 1.43. The Hall–Kier alpha value is -2.20. The first kappa shape index (κ1) is 13.9. The van der Waals surface area contributed by atoms with Gasteiger partial charge in [-0.05, 0) is 20.3 Å². The molecule has 0 aliphatic rings. The van der Waals surface area contributed by atoms with Crippen LogP contribution in [0.3, 0.4) is 0 Å². The zero-order valence-corrected chi connectivity index (χ0v) is 10.1. The van der Waals surface area contributed by atoms with Crippen LogP contribution in [-0.4, -0.2) is 27.2 Å². The highest BCUT2D eigenvalue weighted by atomic mass is 16.6. The van der Waals surface area contributed by atoms with Crippen LogP contribution in [0.5, 0.6) is 0 Å². The average molecular weight is 250 g/mol. The smallest absolute Gasteiger partial charge is 0.289 e. The minimum atomic E-state index is -0.600. The molecule has 96 valence electrons. The predicted molar refractivity (Wildman–Crippen MR) is 65.0 cm³/mol. The Bertz CT molecular complexity index is 482. The summed E-state index contributed by atoms with van der Waals surface area (Å²) in [6.45, 7) is 3.49. The maximum atomic E-state index is 10.6. The molecule has 2 unspecified atom stereocenters. The molecule has 0 aromatic carbocycles. The van der Waals surface area contributed by atoms with Gasteiger partial charge in [0, 0.05) is 12.1 Å². The molecule has 0 radical (unpaired) electrons. The maximum absolute atomic E-state index is 10.6. The molecule has 0 saturated carbocycles. The Balaban J connectivity index is 2.90. The second-order valence-electron chi connectivity index (χ2n) is 4.09. The normalized spacial score (nSPS) is 13.4. The van der Waals surface area contributed by atoms with Crippen LogP contribution < -0.4 is 5.32 Å². The van der Waals surface area contributed by atoms with E-state index in [4.69, 9.17) is 5.26 Å². The standard InChI is InChI=1S/C11H14N4O3/c1-7(3-8(2)16)14-11-9(5-12)4-10(6-13-11)15(17)18/h4,6-8,16H,3H2,1-2H3,(H,13,14). The van der Waals surface area contributed by atoms with E-state index in [9.17, 15) is 15.2 Å². The number of anilines is 1. The highest BCUT2D eigenvalue weighted by molar-refractivity contribution is 5.55. The van der Waals surface area contributed by atoms with Crippen LogP contribution in [-0.2, 0) is 0 Å². The molecule has 1 heterocycles. The van der Waals surface area contributed by atoms with Crippen LogP contribution >= 0.6 is 0 Å². The fourth-order valence-corrected chi connectivity index (χ4v) is 1.56. The van der Waals surface area contributed by atoms with Gasteiger partial charge in [0.15, 0.2) is 0 Å².